The number of H-pyrrole nitrogens is 1. The summed E-state index contributed by atoms with van der Waals surface area (Å²) in [6.07, 6.45) is 5.53. The van der Waals surface area contributed by atoms with Gasteiger partial charge < -0.3 is 26.1 Å². The zero-order valence-corrected chi connectivity index (χ0v) is 24.0. The van der Waals surface area contributed by atoms with E-state index in [1.54, 1.807) is 6.92 Å². The predicted octanol–water partition coefficient (Wildman–Crippen LogP) is 4.41. The summed E-state index contributed by atoms with van der Waals surface area (Å²) < 4.78 is 6.38. The number of benzene rings is 1. The van der Waals surface area contributed by atoms with E-state index in [9.17, 15) is 9.59 Å². The second-order valence-electron chi connectivity index (χ2n) is 10.5. The van der Waals surface area contributed by atoms with Gasteiger partial charge in [0.1, 0.15) is 0 Å². The Kier molecular flexibility index (Phi) is 8.66. The molecule has 0 spiro atoms. The number of pyridine rings is 1. The van der Waals surface area contributed by atoms with Gasteiger partial charge in [0.2, 0.25) is 5.43 Å². The molecule has 2 aliphatic rings. The Morgan fingerprint density at radius 3 is 2.51 bits per heavy atom. The third-order valence-corrected chi connectivity index (χ3v) is 8.80. The van der Waals surface area contributed by atoms with Gasteiger partial charge in [-0.15, -0.1) is 0 Å². The number of nitrogens with zero attached hydrogens (tertiary/aromatic N) is 1. The van der Waals surface area contributed by atoms with E-state index in [2.05, 4.69) is 49.4 Å². The number of morpholine rings is 1. The molecule has 2 aromatic rings. The summed E-state index contributed by atoms with van der Waals surface area (Å²) in [5, 5.41) is 6.78. The first-order valence-electron chi connectivity index (χ1n) is 13.3. The molecule has 1 aliphatic heterocycles. The maximum absolute atomic E-state index is 13.3. The highest BCUT2D eigenvalue weighted by Crippen LogP contribution is 2.38. The van der Waals surface area contributed by atoms with E-state index in [0.717, 1.165) is 74.1 Å². The van der Waals surface area contributed by atoms with Crippen LogP contribution in [0.5, 0.6) is 0 Å². The second-order valence-corrected chi connectivity index (χ2v) is 11.5. The number of aromatic amines is 1. The lowest BCUT2D eigenvalue weighted by molar-refractivity contribution is 0.00402. The van der Waals surface area contributed by atoms with Crippen molar-refractivity contribution in [2.24, 2.45) is 0 Å². The molecular weight excluding hydrogens is 534 g/mol. The quantitative estimate of drug-likeness (QED) is 0.390. The lowest BCUT2D eigenvalue weighted by Crippen LogP contribution is -2.50. The second kappa shape index (κ2) is 11.6. The zero-order valence-electron chi connectivity index (χ0n) is 22.4. The monoisotopic (exact) mass is 573 g/mol. The first-order valence-corrected chi connectivity index (χ1v) is 14.1. The molecule has 1 amide bonds. The number of nitrogens with one attached hydrogen (secondary N) is 3. The first kappa shape index (κ1) is 27.7. The van der Waals surface area contributed by atoms with Gasteiger partial charge in [-0.2, -0.15) is 0 Å². The lowest BCUT2D eigenvalue weighted by Gasteiger charge is -2.45. The number of carbonyl (C=O) groups excluding carboxylic acids is 1. The molecule has 1 aromatic carbocycles. The zero-order chi connectivity index (χ0) is 26.7. The Balaban J connectivity index is 1.48. The maximum atomic E-state index is 13.3. The van der Waals surface area contributed by atoms with Crippen molar-refractivity contribution >= 4 is 33.2 Å². The molecule has 0 radical (unpaired) electrons. The fraction of sp³-hybridized carbons (Fsp3) is 0.571. The molecule has 1 saturated heterocycles. The topological polar surface area (TPSA) is 112 Å². The number of anilines is 2. The van der Waals surface area contributed by atoms with E-state index in [1.165, 1.54) is 0 Å². The molecule has 2 fully saturated rings. The van der Waals surface area contributed by atoms with Gasteiger partial charge in [0.05, 0.1) is 18.9 Å². The van der Waals surface area contributed by atoms with Gasteiger partial charge in [0.15, 0.2) is 0 Å². The van der Waals surface area contributed by atoms with Crippen LogP contribution in [0, 0.1) is 20.8 Å². The fourth-order valence-electron chi connectivity index (χ4n) is 5.76. The smallest absolute Gasteiger partial charge is 0.251 e. The normalized spacial score (nSPS) is 22.6. The predicted molar refractivity (Wildman–Crippen MR) is 152 cm³/mol. The number of halogens is 1. The van der Waals surface area contributed by atoms with Crippen molar-refractivity contribution in [3.8, 4) is 0 Å². The summed E-state index contributed by atoms with van der Waals surface area (Å²) in [4.78, 5) is 31.6. The number of aromatic nitrogens is 1. The summed E-state index contributed by atoms with van der Waals surface area (Å²) in [6, 6.07) is 4.52. The molecule has 8 nitrogen and oxygen atoms in total. The molecule has 2 heterocycles. The Morgan fingerprint density at radius 2 is 1.86 bits per heavy atom. The highest BCUT2D eigenvalue weighted by Gasteiger charge is 2.36. The van der Waals surface area contributed by atoms with Gasteiger partial charge in [-0.05, 0) is 70.6 Å². The minimum absolute atomic E-state index is 0.00587. The van der Waals surface area contributed by atoms with Crippen molar-refractivity contribution in [2.75, 3.05) is 37.4 Å². The van der Waals surface area contributed by atoms with Crippen LogP contribution in [-0.4, -0.2) is 53.7 Å². The molecule has 1 aliphatic carbocycles. The maximum Gasteiger partial charge on any atom is 0.251 e. The number of carbonyl (C=O) groups is 1. The van der Waals surface area contributed by atoms with Gasteiger partial charge in [-0.25, -0.2) is 0 Å². The average Bonchev–Trinajstić information content (AvgIpc) is 2.90. The minimum Gasteiger partial charge on any atom is -0.394 e. The van der Waals surface area contributed by atoms with Crippen molar-refractivity contribution in [2.45, 2.75) is 77.9 Å². The van der Waals surface area contributed by atoms with E-state index in [4.69, 9.17) is 10.5 Å². The summed E-state index contributed by atoms with van der Waals surface area (Å²) in [5.74, 6) is -0.221. The van der Waals surface area contributed by atoms with Crippen LogP contribution >= 0.6 is 15.9 Å². The number of rotatable bonds is 7. The lowest BCUT2D eigenvalue weighted by atomic mass is 9.76. The summed E-state index contributed by atoms with van der Waals surface area (Å²) in [7, 11) is 0. The van der Waals surface area contributed by atoms with Crippen LogP contribution in [0.2, 0.25) is 0 Å². The Bertz CT molecular complexity index is 1200. The number of nitrogen functional groups attached to an aromatic ring is 1. The Labute approximate surface area is 227 Å². The molecule has 0 bridgehead atoms. The van der Waals surface area contributed by atoms with Crippen molar-refractivity contribution in [1.29, 1.82) is 0 Å². The van der Waals surface area contributed by atoms with Gasteiger partial charge in [-0.1, -0.05) is 22.9 Å². The van der Waals surface area contributed by atoms with Crippen LogP contribution in [0.3, 0.4) is 0 Å². The summed E-state index contributed by atoms with van der Waals surface area (Å²) in [6.45, 7) is 11.7. The van der Waals surface area contributed by atoms with E-state index >= 15 is 0 Å². The average molecular weight is 575 g/mol. The molecule has 202 valence electrons. The number of ether oxygens (including phenoxy) is 1. The van der Waals surface area contributed by atoms with Crippen LogP contribution in [-0.2, 0) is 11.3 Å². The third-order valence-electron chi connectivity index (χ3n) is 8.34. The van der Waals surface area contributed by atoms with E-state index in [1.807, 2.05) is 19.9 Å². The van der Waals surface area contributed by atoms with Gasteiger partial charge >= 0.3 is 0 Å². The van der Waals surface area contributed by atoms with Crippen LogP contribution in [0.15, 0.2) is 21.4 Å². The SMILES string of the molecule is CCC1(Nc2cc(Br)cc(C(=O)NCc3c(C)[nH]c(C)c(N)c3=O)c2C)CCC(N2CCOCC2)CC1. The molecule has 5 N–H and O–H groups in total. The minimum atomic E-state index is -0.236. The van der Waals surface area contributed by atoms with E-state index in [-0.39, 0.29) is 29.1 Å². The number of aryl methyl sites for hydroxylation is 2. The van der Waals surface area contributed by atoms with Crippen molar-refractivity contribution in [1.82, 2.24) is 15.2 Å². The largest absolute Gasteiger partial charge is 0.394 e. The molecule has 9 heteroatoms. The van der Waals surface area contributed by atoms with Crippen LogP contribution in [0.4, 0.5) is 11.4 Å². The van der Waals surface area contributed by atoms with E-state index < -0.39 is 0 Å². The molecule has 1 saturated carbocycles. The van der Waals surface area contributed by atoms with Crippen LogP contribution in [0.25, 0.3) is 0 Å². The van der Waals surface area contributed by atoms with Gasteiger partial charge in [-0.3, -0.25) is 14.5 Å². The Morgan fingerprint density at radius 1 is 1.19 bits per heavy atom. The third kappa shape index (κ3) is 6.04. The molecule has 4 rings (SSSR count). The van der Waals surface area contributed by atoms with Crippen molar-refractivity contribution < 1.29 is 9.53 Å². The fourth-order valence-corrected chi connectivity index (χ4v) is 6.22. The number of hydrogen-bond donors (Lipinski definition) is 4. The standard InChI is InChI=1S/C28H40BrN5O3/c1-5-28(8-6-21(7-9-28)34-10-12-37-13-11-34)33-24-15-20(29)14-22(17(24)2)27(36)31-16-23-18(3)32-19(4)25(30)26(23)35/h14-15,21,33H,5-13,16,30H2,1-4H3,(H,31,36)(H,32,35). The molecule has 0 atom stereocenters. The highest BCUT2D eigenvalue weighted by molar-refractivity contribution is 9.10. The van der Waals surface area contributed by atoms with Crippen molar-refractivity contribution in [3.63, 3.8) is 0 Å². The summed E-state index contributed by atoms with van der Waals surface area (Å²) in [5.41, 5.74) is 10.2. The van der Waals surface area contributed by atoms with Gasteiger partial charge in [0, 0.05) is 63.9 Å². The van der Waals surface area contributed by atoms with Gasteiger partial charge in [0.25, 0.3) is 5.91 Å². The number of amides is 1. The molecule has 1 aromatic heterocycles. The van der Waals surface area contributed by atoms with E-state index in [0.29, 0.717) is 28.6 Å². The first-order chi connectivity index (χ1) is 17.6. The summed E-state index contributed by atoms with van der Waals surface area (Å²) >= 11 is 3.61. The van der Waals surface area contributed by atoms with Crippen LogP contribution in [0.1, 0.15) is 71.9 Å². The number of hydrogen-bond acceptors (Lipinski definition) is 6. The molecule has 0 unspecified atom stereocenters. The Hall–Kier alpha value is -2.36. The highest BCUT2D eigenvalue weighted by atomic mass is 79.9. The number of nitrogens with two attached hydrogens (primary N) is 1. The molecular formula is C28H40BrN5O3. The molecule has 37 heavy (non-hydrogen) atoms. The van der Waals surface area contributed by atoms with Crippen molar-refractivity contribution in [3.05, 3.63) is 54.9 Å². The van der Waals surface area contributed by atoms with Crippen LogP contribution < -0.4 is 21.8 Å².